The third-order valence-electron chi connectivity index (χ3n) is 3.63. The molecular weight excluding hydrogens is 292 g/mol. The lowest BCUT2D eigenvalue weighted by atomic mass is 10.1. The molecular formula is C14H20N2O4S. The Morgan fingerprint density at radius 2 is 1.90 bits per heavy atom. The summed E-state index contributed by atoms with van der Waals surface area (Å²) in [7, 11) is -1.95. The molecule has 1 heterocycles. The molecule has 0 spiro atoms. The van der Waals surface area contributed by atoms with Gasteiger partial charge in [0, 0.05) is 24.6 Å². The van der Waals surface area contributed by atoms with E-state index in [1.165, 1.54) is 0 Å². The first-order valence-corrected chi connectivity index (χ1v) is 8.39. The highest BCUT2D eigenvalue weighted by Gasteiger charge is 2.33. The molecule has 1 aliphatic rings. The monoisotopic (exact) mass is 312 g/mol. The van der Waals surface area contributed by atoms with Crippen LogP contribution < -0.4 is 14.8 Å². The van der Waals surface area contributed by atoms with Gasteiger partial charge >= 0.3 is 0 Å². The highest BCUT2D eigenvalue weighted by atomic mass is 32.2. The number of hydrogen-bond acceptors (Lipinski definition) is 4. The van der Waals surface area contributed by atoms with Crippen LogP contribution in [-0.2, 0) is 14.8 Å². The zero-order valence-electron chi connectivity index (χ0n) is 12.4. The van der Waals surface area contributed by atoms with E-state index in [2.05, 4.69) is 0 Å². The zero-order chi connectivity index (χ0) is 15.8. The molecule has 116 valence electrons. The topological polar surface area (TPSA) is 89.7 Å². The summed E-state index contributed by atoms with van der Waals surface area (Å²) in [5, 5.41) is 5.06. The van der Waals surface area contributed by atoms with Gasteiger partial charge in [-0.2, -0.15) is 0 Å². The number of sulfonamides is 1. The number of anilines is 1. The third-order valence-corrected chi connectivity index (χ3v) is 4.57. The number of benzene rings is 1. The van der Waals surface area contributed by atoms with Crippen LogP contribution in [0.5, 0.6) is 5.75 Å². The molecule has 0 aliphatic carbocycles. The Morgan fingerprint density at radius 3 is 2.38 bits per heavy atom. The van der Waals surface area contributed by atoms with Crippen LogP contribution in [0.2, 0.25) is 0 Å². The summed E-state index contributed by atoms with van der Waals surface area (Å²) in [5.74, 6) is 0.304. The van der Waals surface area contributed by atoms with Crippen LogP contribution in [0.25, 0.3) is 0 Å². The number of carbonyl (C=O) groups excluding carboxylic acids is 1. The first-order valence-electron chi connectivity index (χ1n) is 6.67. The van der Waals surface area contributed by atoms with E-state index >= 15 is 0 Å². The van der Waals surface area contributed by atoms with Crippen molar-refractivity contribution in [2.45, 2.75) is 20.3 Å². The van der Waals surface area contributed by atoms with Crippen molar-refractivity contribution in [1.29, 1.82) is 0 Å². The molecule has 0 saturated carbocycles. The van der Waals surface area contributed by atoms with Crippen LogP contribution in [-0.4, -0.2) is 33.7 Å². The van der Waals surface area contributed by atoms with Crippen molar-refractivity contribution < 1.29 is 17.9 Å². The summed E-state index contributed by atoms with van der Waals surface area (Å²) in [6, 6.07) is 3.76. The van der Waals surface area contributed by atoms with Crippen LogP contribution in [0.1, 0.15) is 17.5 Å². The molecule has 2 N–H and O–H groups in total. The van der Waals surface area contributed by atoms with Crippen molar-refractivity contribution in [3.05, 3.63) is 23.3 Å². The summed E-state index contributed by atoms with van der Waals surface area (Å²) < 4.78 is 27.6. The van der Waals surface area contributed by atoms with E-state index < -0.39 is 10.0 Å². The van der Waals surface area contributed by atoms with Gasteiger partial charge in [-0.05, 0) is 37.1 Å². The first-order chi connectivity index (χ1) is 9.71. The predicted octanol–water partition coefficient (Wildman–Crippen LogP) is 0.953. The van der Waals surface area contributed by atoms with Gasteiger partial charge in [0.25, 0.3) is 0 Å². The Hall–Kier alpha value is -1.60. The molecule has 1 amide bonds. The Balaban J connectivity index is 2.25. The van der Waals surface area contributed by atoms with Crippen molar-refractivity contribution in [1.82, 2.24) is 0 Å². The van der Waals surface area contributed by atoms with E-state index in [9.17, 15) is 13.2 Å². The lowest BCUT2D eigenvalue weighted by molar-refractivity contribution is -0.117. The minimum Gasteiger partial charge on any atom is -0.496 e. The second kappa shape index (κ2) is 5.65. The Bertz CT molecular complexity index is 647. The van der Waals surface area contributed by atoms with Gasteiger partial charge in [0.2, 0.25) is 15.9 Å². The Kier molecular flexibility index (Phi) is 4.25. The highest BCUT2D eigenvalue weighted by molar-refractivity contribution is 7.89. The van der Waals surface area contributed by atoms with Crippen LogP contribution in [0.4, 0.5) is 5.69 Å². The predicted molar refractivity (Wildman–Crippen MR) is 80.9 cm³/mol. The third kappa shape index (κ3) is 3.54. The molecule has 0 bridgehead atoms. The number of carbonyl (C=O) groups is 1. The maximum Gasteiger partial charge on any atom is 0.227 e. The minimum absolute atomic E-state index is 0.0763. The van der Waals surface area contributed by atoms with Gasteiger partial charge in [-0.25, -0.2) is 13.6 Å². The fourth-order valence-electron chi connectivity index (χ4n) is 2.88. The van der Waals surface area contributed by atoms with Gasteiger partial charge < -0.3 is 9.64 Å². The largest absolute Gasteiger partial charge is 0.496 e. The molecule has 7 heteroatoms. The van der Waals surface area contributed by atoms with Gasteiger partial charge in [0.1, 0.15) is 5.75 Å². The quantitative estimate of drug-likeness (QED) is 0.896. The van der Waals surface area contributed by atoms with E-state index in [-0.39, 0.29) is 24.0 Å². The first kappa shape index (κ1) is 15.8. The molecule has 0 aromatic heterocycles. The molecule has 1 aromatic rings. The van der Waals surface area contributed by atoms with Crippen molar-refractivity contribution in [2.24, 2.45) is 11.1 Å². The number of amides is 1. The number of aryl methyl sites for hydroxylation is 2. The summed E-state index contributed by atoms with van der Waals surface area (Å²) in [6.45, 7) is 4.20. The second-order valence-electron chi connectivity index (χ2n) is 5.52. The van der Waals surface area contributed by atoms with Crippen LogP contribution in [0, 0.1) is 19.8 Å². The lowest BCUT2D eigenvalue weighted by Gasteiger charge is -2.19. The number of ether oxygens (including phenoxy) is 1. The van der Waals surface area contributed by atoms with Crippen molar-refractivity contribution in [3.8, 4) is 5.75 Å². The fourth-order valence-corrected chi connectivity index (χ4v) is 3.76. The maximum atomic E-state index is 12.1. The molecule has 1 unspecified atom stereocenters. The normalized spacial score (nSPS) is 19.1. The second-order valence-corrected chi connectivity index (χ2v) is 7.18. The van der Waals surface area contributed by atoms with Gasteiger partial charge in [-0.3, -0.25) is 4.79 Å². The maximum absolute atomic E-state index is 12.1. The molecule has 1 saturated heterocycles. The van der Waals surface area contributed by atoms with Gasteiger partial charge in [0.15, 0.2) is 0 Å². The summed E-state index contributed by atoms with van der Waals surface area (Å²) >= 11 is 0. The number of methoxy groups -OCH3 is 1. The smallest absolute Gasteiger partial charge is 0.227 e. The Labute approximate surface area is 124 Å². The molecule has 0 radical (unpaired) electrons. The number of nitrogens with zero attached hydrogens (tertiary/aromatic N) is 1. The highest BCUT2D eigenvalue weighted by Crippen LogP contribution is 2.32. The van der Waals surface area contributed by atoms with Crippen LogP contribution in [0.15, 0.2) is 12.1 Å². The molecule has 21 heavy (non-hydrogen) atoms. The van der Waals surface area contributed by atoms with Gasteiger partial charge in [0.05, 0.1) is 12.9 Å². The average molecular weight is 312 g/mol. The molecule has 1 aliphatic heterocycles. The number of primary sulfonamides is 1. The average Bonchev–Trinajstić information content (AvgIpc) is 2.67. The molecule has 2 rings (SSSR count). The molecule has 1 aromatic carbocycles. The van der Waals surface area contributed by atoms with Crippen molar-refractivity contribution in [3.63, 3.8) is 0 Å². The van der Waals surface area contributed by atoms with E-state index in [0.717, 1.165) is 22.6 Å². The summed E-state index contributed by atoms with van der Waals surface area (Å²) in [6.07, 6.45) is 0.209. The number of nitrogens with two attached hydrogens (primary N) is 1. The molecule has 1 fully saturated rings. The van der Waals surface area contributed by atoms with Gasteiger partial charge in [-0.15, -0.1) is 0 Å². The van der Waals surface area contributed by atoms with Crippen LogP contribution >= 0.6 is 0 Å². The molecule has 6 nitrogen and oxygen atoms in total. The number of hydrogen-bond donors (Lipinski definition) is 1. The molecule has 1 atom stereocenters. The summed E-state index contributed by atoms with van der Waals surface area (Å²) in [5.41, 5.74) is 2.65. The fraction of sp³-hybridized carbons (Fsp3) is 0.500. The SMILES string of the molecule is COc1c(C)cc(N2CC(CS(N)(=O)=O)CC2=O)cc1C. The van der Waals surface area contributed by atoms with Crippen LogP contribution in [0.3, 0.4) is 0 Å². The number of rotatable bonds is 4. The van der Waals surface area contributed by atoms with E-state index in [1.54, 1.807) is 12.0 Å². The minimum atomic E-state index is -3.56. The standard InChI is InChI=1S/C14H20N2O4S/c1-9-4-12(5-10(2)14(9)20-3)16-7-11(6-13(16)17)8-21(15,18)19/h4-5,11H,6-8H2,1-3H3,(H2,15,18,19). The Morgan fingerprint density at radius 1 is 1.33 bits per heavy atom. The van der Waals surface area contributed by atoms with E-state index in [4.69, 9.17) is 9.88 Å². The van der Waals surface area contributed by atoms with Crippen molar-refractivity contribution in [2.75, 3.05) is 24.3 Å². The van der Waals surface area contributed by atoms with E-state index in [0.29, 0.717) is 6.54 Å². The van der Waals surface area contributed by atoms with Crippen molar-refractivity contribution >= 4 is 21.6 Å². The lowest BCUT2D eigenvalue weighted by Crippen LogP contribution is -2.27. The zero-order valence-corrected chi connectivity index (χ0v) is 13.2. The summed E-state index contributed by atoms with van der Waals surface area (Å²) in [4.78, 5) is 13.7. The van der Waals surface area contributed by atoms with E-state index in [1.807, 2.05) is 26.0 Å². The van der Waals surface area contributed by atoms with Gasteiger partial charge in [-0.1, -0.05) is 0 Å².